The second-order valence-corrected chi connectivity index (χ2v) is 6.74. The smallest absolute Gasteiger partial charge is 0.379 e. The normalized spacial score (nSPS) is 11.0. The zero-order valence-electron chi connectivity index (χ0n) is 16.3. The van der Waals surface area contributed by atoms with Gasteiger partial charge in [-0.15, -0.1) is 0 Å². The van der Waals surface area contributed by atoms with Gasteiger partial charge in [-0.2, -0.15) is 0 Å². The minimum atomic E-state index is -0.676. The first kappa shape index (κ1) is 18.6. The molecule has 0 saturated carbocycles. The van der Waals surface area contributed by atoms with Gasteiger partial charge in [-0.05, 0) is 42.5 Å². The molecule has 0 aliphatic rings. The summed E-state index contributed by atoms with van der Waals surface area (Å²) < 4.78 is 21.7. The fourth-order valence-electron chi connectivity index (χ4n) is 3.31. The number of ether oxygens (including phenoxy) is 2. The molecular formula is C24H15NO6. The molecule has 0 N–H and O–H groups in total. The summed E-state index contributed by atoms with van der Waals surface area (Å²) in [4.78, 5) is 29.2. The lowest BCUT2D eigenvalue weighted by Gasteiger charge is -2.05. The molecule has 0 radical (unpaired) electrons. The number of rotatable bonds is 4. The molecule has 0 spiro atoms. The minimum Gasteiger partial charge on any atom is -0.493 e. The topological polar surface area (TPSA) is 91.8 Å². The lowest BCUT2D eigenvalue weighted by atomic mass is 10.1. The van der Waals surface area contributed by atoms with Crippen molar-refractivity contribution in [2.75, 3.05) is 7.11 Å². The molecule has 0 unspecified atom stereocenters. The van der Waals surface area contributed by atoms with E-state index in [9.17, 15) is 9.59 Å². The van der Waals surface area contributed by atoms with Gasteiger partial charge in [0.25, 0.3) is 0 Å². The number of hydrogen-bond donors (Lipinski definition) is 0. The van der Waals surface area contributed by atoms with Crippen molar-refractivity contribution < 1.29 is 23.1 Å². The number of methoxy groups -OCH3 is 1. The second kappa shape index (κ2) is 7.46. The predicted octanol–water partition coefficient (Wildman–Crippen LogP) is 4.83. The van der Waals surface area contributed by atoms with E-state index in [2.05, 4.69) is 4.98 Å². The summed E-state index contributed by atoms with van der Waals surface area (Å²) in [5.41, 5.74) is 1.10. The molecule has 0 atom stereocenters. The number of nitrogens with zero attached hydrogens (tertiary/aromatic N) is 1. The molecule has 0 aliphatic carbocycles. The monoisotopic (exact) mass is 413 g/mol. The van der Waals surface area contributed by atoms with E-state index in [1.54, 1.807) is 60.8 Å². The van der Waals surface area contributed by atoms with Crippen molar-refractivity contribution in [2.24, 2.45) is 0 Å². The van der Waals surface area contributed by atoms with Gasteiger partial charge in [0.05, 0.1) is 18.4 Å². The number of hydrogen-bond acceptors (Lipinski definition) is 7. The van der Waals surface area contributed by atoms with Crippen LogP contribution in [0.2, 0.25) is 0 Å². The van der Waals surface area contributed by atoms with Gasteiger partial charge in [-0.3, -0.25) is 4.98 Å². The number of carbonyl (C=O) groups excluding carboxylic acids is 1. The summed E-state index contributed by atoms with van der Waals surface area (Å²) in [5.74, 6) is 0.100. The maximum absolute atomic E-state index is 12.6. The van der Waals surface area contributed by atoms with Crippen molar-refractivity contribution in [2.45, 2.75) is 0 Å². The third-order valence-electron chi connectivity index (χ3n) is 4.79. The van der Waals surface area contributed by atoms with E-state index in [0.717, 1.165) is 5.39 Å². The number of carbonyl (C=O) groups is 1. The lowest BCUT2D eigenvalue weighted by Crippen LogP contribution is -2.07. The van der Waals surface area contributed by atoms with Gasteiger partial charge in [-0.1, -0.05) is 18.2 Å². The highest BCUT2D eigenvalue weighted by Gasteiger charge is 2.17. The first-order valence-corrected chi connectivity index (χ1v) is 9.40. The first-order chi connectivity index (χ1) is 15.1. The van der Waals surface area contributed by atoms with Gasteiger partial charge in [0.1, 0.15) is 11.3 Å². The largest absolute Gasteiger partial charge is 0.493 e. The van der Waals surface area contributed by atoms with Gasteiger partial charge >= 0.3 is 11.6 Å². The van der Waals surface area contributed by atoms with E-state index in [-0.39, 0.29) is 11.5 Å². The molecule has 3 heterocycles. The molecule has 0 fully saturated rings. The molecule has 31 heavy (non-hydrogen) atoms. The van der Waals surface area contributed by atoms with E-state index in [1.807, 2.05) is 6.07 Å². The van der Waals surface area contributed by atoms with Crippen LogP contribution >= 0.6 is 0 Å². The van der Waals surface area contributed by atoms with E-state index in [4.69, 9.17) is 18.3 Å². The highest BCUT2D eigenvalue weighted by molar-refractivity contribution is 5.95. The van der Waals surface area contributed by atoms with Crippen LogP contribution in [0.5, 0.6) is 11.5 Å². The van der Waals surface area contributed by atoms with Gasteiger partial charge < -0.3 is 18.3 Å². The van der Waals surface area contributed by atoms with Crippen LogP contribution in [-0.4, -0.2) is 18.1 Å². The van der Waals surface area contributed by atoms with Crippen LogP contribution in [0.15, 0.2) is 86.6 Å². The maximum atomic E-state index is 12.6. The third kappa shape index (κ3) is 3.42. The maximum Gasteiger partial charge on any atom is 0.379 e. The predicted molar refractivity (Wildman–Crippen MR) is 113 cm³/mol. The van der Waals surface area contributed by atoms with Crippen molar-refractivity contribution in [3.05, 3.63) is 89.1 Å². The fraction of sp³-hybridized carbons (Fsp3) is 0.0417. The van der Waals surface area contributed by atoms with Crippen molar-refractivity contribution >= 4 is 27.9 Å². The molecule has 5 aromatic rings. The van der Waals surface area contributed by atoms with Crippen LogP contribution in [0.25, 0.3) is 33.2 Å². The van der Waals surface area contributed by atoms with E-state index >= 15 is 0 Å². The zero-order chi connectivity index (χ0) is 21.4. The van der Waals surface area contributed by atoms with Crippen LogP contribution in [0, 0.1) is 0 Å². The Morgan fingerprint density at radius 3 is 2.65 bits per heavy atom. The van der Waals surface area contributed by atoms with Gasteiger partial charge in [-0.25, -0.2) is 9.59 Å². The fourth-order valence-corrected chi connectivity index (χ4v) is 3.31. The average molecular weight is 413 g/mol. The number of aromatic nitrogens is 1. The number of esters is 1. The van der Waals surface area contributed by atoms with Crippen LogP contribution in [0.3, 0.4) is 0 Å². The Labute approximate surface area is 175 Å². The molecule has 3 aromatic heterocycles. The quantitative estimate of drug-likeness (QED) is 0.237. The number of furan rings is 1. The Balaban J connectivity index is 1.46. The average Bonchev–Trinajstić information content (AvgIpc) is 3.24. The summed E-state index contributed by atoms with van der Waals surface area (Å²) in [7, 11) is 1.53. The van der Waals surface area contributed by atoms with Gasteiger partial charge in [0.15, 0.2) is 11.3 Å². The zero-order valence-corrected chi connectivity index (χ0v) is 16.3. The summed E-state index contributed by atoms with van der Waals surface area (Å²) in [6.07, 6.45) is 1.61. The number of para-hydroxylation sites is 1. The van der Waals surface area contributed by atoms with Crippen molar-refractivity contribution in [1.29, 1.82) is 0 Å². The van der Waals surface area contributed by atoms with Gasteiger partial charge in [0, 0.05) is 23.0 Å². The molecule has 5 rings (SSSR count). The van der Waals surface area contributed by atoms with E-state index in [1.165, 1.54) is 13.2 Å². The Bertz CT molecular complexity index is 1480. The number of fused-ring (bicyclic) bond motifs is 2. The molecule has 0 bridgehead atoms. The molecule has 7 heteroatoms. The van der Waals surface area contributed by atoms with Crippen molar-refractivity contribution in [3.63, 3.8) is 0 Å². The summed E-state index contributed by atoms with van der Waals surface area (Å²) >= 11 is 0. The molecule has 0 amide bonds. The molecule has 2 aromatic carbocycles. The molecule has 7 nitrogen and oxygen atoms in total. The Kier molecular flexibility index (Phi) is 4.48. The summed E-state index contributed by atoms with van der Waals surface area (Å²) in [5, 5.41) is 1.39. The van der Waals surface area contributed by atoms with Crippen molar-refractivity contribution in [3.8, 4) is 22.8 Å². The Hall–Kier alpha value is -4.39. The second-order valence-electron chi connectivity index (χ2n) is 6.74. The van der Waals surface area contributed by atoms with Crippen LogP contribution in [0.1, 0.15) is 10.6 Å². The highest BCUT2D eigenvalue weighted by atomic mass is 16.5. The van der Waals surface area contributed by atoms with Crippen LogP contribution < -0.4 is 15.1 Å². The number of benzene rings is 2. The van der Waals surface area contributed by atoms with Crippen LogP contribution in [-0.2, 0) is 0 Å². The highest BCUT2D eigenvalue weighted by Crippen LogP contribution is 2.29. The third-order valence-corrected chi connectivity index (χ3v) is 4.79. The minimum absolute atomic E-state index is 0.0338. The van der Waals surface area contributed by atoms with Gasteiger partial charge in [0.2, 0.25) is 5.76 Å². The Morgan fingerprint density at radius 2 is 1.84 bits per heavy atom. The lowest BCUT2D eigenvalue weighted by molar-refractivity contribution is 0.0704. The van der Waals surface area contributed by atoms with Crippen molar-refractivity contribution in [1.82, 2.24) is 4.98 Å². The van der Waals surface area contributed by atoms with Crippen LogP contribution in [0.4, 0.5) is 0 Å². The molecule has 0 saturated heterocycles. The standard InChI is InChI=1S/C24H15NO6/c1-28-19-7-4-5-15-12-21(30-22(15)19)24(27)29-16-9-8-14-11-17(18-6-2-3-10-25-18)23(26)31-20(14)13-16/h2-13H,1H3. The van der Waals surface area contributed by atoms with E-state index < -0.39 is 11.6 Å². The molecule has 0 aliphatic heterocycles. The first-order valence-electron chi connectivity index (χ1n) is 9.40. The van der Waals surface area contributed by atoms with E-state index in [0.29, 0.717) is 33.6 Å². The summed E-state index contributed by atoms with van der Waals surface area (Å²) in [6, 6.07) is 18.7. The SMILES string of the molecule is COc1cccc2cc(C(=O)Oc3ccc4cc(-c5ccccn5)c(=O)oc4c3)oc12. The Morgan fingerprint density at radius 1 is 0.935 bits per heavy atom. The molecule has 152 valence electrons. The molecular weight excluding hydrogens is 398 g/mol. The summed E-state index contributed by atoms with van der Waals surface area (Å²) in [6.45, 7) is 0. The number of pyridine rings is 1.